The van der Waals surface area contributed by atoms with Crippen LogP contribution < -0.4 is 0 Å². The molecule has 22 heavy (non-hydrogen) atoms. The summed E-state index contributed by atoms with van der Waals surface area (Å²) in [4.78, 5) is 2.19. The van der Waals surface area contributed by atoms with Crippen LogP contribution in [0.15, 0.2) is 24.3 Å². The average molecular weight is 304 g/mol. The minimum atomic E-state index is -0.367. The summed E-state index contributed by atoms with van der Waals surface area (Å²) >= 11 is 0. The summed E-state index contributed by atoms with van der Waals surface area (Å²) in [5.41, 5.74) is 1.03. The summed E-state index contributed by atoms with van der Waals surface area (Å²) in [7, 11) is 0. The first-order valence-corrected chi connectivity index (χ1v) is 7.64. The van der Waals surface area contributed by atoms with Crippen LogP contribution >= 0.6 is 0 Å². The van der Waals surface area contributed by atoms with Crippen molar-refractivity contribution in [2.24, 2.45) is 0 Å². The Hall–Kier alpha value is -1.79. The summed E-state index contributed by atoms with van der Waals surface area (Å²) in [6.45, 7) is 6.06. The van der Waals surface area contributed by atoms with Gasteiger partial charge in [-0.2, -0.15) is 0 Å². The molecule has 1 aliphatic heterocycles. The Morgan fingerprint density at radius 2 is 2.00 bits per heavy atom. The number of β-amino-alcohol motifs (C(OH)–C–C–N with tert-alkyl or cyclic N) is 1. The number of nitrogens with zero attached hydrogens (tertiary/aromatic N) is 4. The number of likely N-dealkylation sites (tertiary alicyclic amines) is 1. The lowest BCUT2D eigenvalue weighted by Gasteiger charge is -2.24. The van der Waals surface area contributed by atoms with Crippen molar-refractivity contribution in [1.29, 1.82) is 0 Å². The van der Waals surface area contributed by atoms with Crippen molar-refractivity contribution in [2.45, 2.75) is 45.5 Å². The van der Waals surface area contributed by atoms with Gasteiger partial charge in [0.25, 0.3) is 0 Å². The summed E-state index contributed by atoms with van der Waals surface area (Å²) < 4.78 is 15.2. The minimum Gasteiger partial charge on any atom is -0.392 e. The maximum absolute atomic E-state index is 13.1. The SMILES string of the molecule is CCn1c(C)nnc1CN1C[C@@H](O)C[C@@H]1c1ccc(F)cc1. The smallest absolute Gasteiger partial charge is 0.147 e. The van der Waals surface area contributed by atoms with Gasteiger partial charge in [-0.3, -0.25) is 4.90 Å². The summed E-state index contributed by atoms with van der Waals surface area (Å²) in [5, 5.41) is 18.4. The van der Waals surface area contributed by atoms with E-state index >= 15 is 0 Å². The second kappa shape index (κ2) is 6.14. The van der Waals surface area contributed by atoms with Gasteiger partial charge < -0.3 is 9.67 Å². The fourth-order valence-corrected chi connectivity index (χ4v) is 3.22. The van der Waals surface area contributed by atoms with E-state index < -0.39 is 0 Å². The monoisotopic (exact) mass is 304 g/mol. The van der Waals surface area contributed by atoms with Crippen LogP contribution in [0.1, 0.15) is 36.6 Å². The molecule has 0 aliphatic carbocycles. The zero-order chi connectivity index (χ0) is 15.7. The van der Waals surface area contributed by atoms with Gasteiger partial charge >= 0.3 is 0 Å². The molecule has 1 N–H and O–H groups in total. The normalized spacial score (nSPS) is 22.4. The van der Waals surface area contributed by atoms with Gasteiger partial charge in [-0.05, 0) is 38.0 Å². The van der Waals surface area contributed by atoms with Gasteiger partial charge in [-0.1, -0.05) is 12.1 Å². The van der Waals surface area contributed by atoms with Crippen molar-refractivity contribution in [3.63, 3.8) is 0 Å². The van der Waals surface area contributed by atoms with Crippen molar-refractivity contribution >= 4 is 0 Å². The quantitative estimate of drug-likeness (QED) is 0.939. The lowest BCUT2D eigenvalue weighted by Crippen LogP contribution is -2.26. The molecular formula is C16H21FN4O. The van der Waals surface area contributed by atoms with Gasteiger partial charge in [0.1, 0.15) is 17.5 Å². The van der Waals surface area contributed by atoms with Crippen molar-refractivity contribution in [2.75, 3.05) is 6.54 Å². The molecule has 0 spiro atoms. The van der Waals surface area contributed by atoms with Crippen molar-refractivity contribution < 1.29 is 9.50 Å². The van der Waals surface area contributed by atoms with Gasteiger partial charge in [-0.25, -0.2) is 4.39 Å². The second-order valence-electron chi connectivity index (χ2n) is 5.79. The van der Waals surface area contributed by atoms with Gasteiger partial charge in [0.15, 0.2) is 0 Å². The molecule has 1 saturated heterocycles. The summed E-state index contributed by atoms with van der Waals surface area (Å²) in [6.07, 6.45) is 0.291. The molecular weight excluding hydrogens is 283 g/mol. The minimum absolute atomic E-state index is 0.0814. The number of benzene rings is 1. The number of aromatic nitrogens is 3. The van der Waals surface area contributed by atoms with Crippen LogP contribution in [0.3, 0.4) is 0 Å². The molecule has 2 aromatic rings. The van der Waals surface area contributed by atoms with Crippen molar-refractivity contribution in [3.8, 4) is 0 Å². The molecule has 3 rings (SSSR count). The fourth-order valence-electron chi connectivity index (χ4n) is 3.22. The summed E-state index contributed by atoms with van der Waals surface area (Å²) in [5.74, 6) is 1.56. The average Bonchev–Trinajstić information content (AvgIpc) is 3.03. The highest BCUT2D eigenvalue weighted by Crippen LogP contribution is 2.33. The molecule has 2 atom stereocenters. The zero-order valence-corrected chi connectivity index (χ0v) is 12.9. The lowest BCUT2D eigenvalue weighted by atomic mass is 10.0. The Kier molecular flexibility index (Phi) is 4.22. The number of rotatable bonds is 4. The molecule has 0 amide bonds. The number of aliphatic hydroxyl groups is 1. The molecule has 1 aliphatic rings. The Balaban J connectivity index is 1.83. The molecule has 1 aromatic carbocycles. The molecule has 1 aromatic heterocycles. The van der Waals surface area contributed by atoms with Crippen molar-refractivity contribution in [3.05, 3.63) is 47.3 Å². The summed E-state index contributed by atoms with van der Waals surface area (Å²) in [6, 6.07) is 6.60. The van der Waals surface area contributed by atoms with E-state index in [4.69, 9.17) is 0 Å². The topological polar surface area (TPSA) is 54.2 Å². The standard InChI is InChI=1S/C16H21FN4O/c1-3-21-11(2)18-19-16(21)10-20-9-14(22)8-15(20)12-4-6-13(17)7-5-12/h4-7,14-15,22H,3,8-10H2,1-2H3/t14-,15+/m0/s1. The third-order valence-electron chi connectivity index (χ3n) is 4.31. The first kappa shape index (κ1) is 15.1. The van der Waals surface area contributed by atoms with Crippen LogP contribution in [0.5, 0.6) is 0 Å². The second-order valence-corrected chi connectivity index (χ2v) is 5.79. The van der Waals surface area contributed by atoms with Crippen LogP contribution in [0.25, 0.3) is 0 Å². The number of aryl methyl sites for hydroxylation is 1. The molecule has 6 heteroatoms. The highest BCUT2D eigenvalue weighted by atomic mass is 19.1. The predicted octanol–water partition coefficient (Wildman–Crippen LogP) is 2.05. The molecule has 118 valence electrons. The lowest BCUT2D eigenvalue weighted by molar-refractivity contribution is 0.170. The molecule has 2 heterocycles. The Labute approximate surface area is 129 Å². The first-order valence-electron chi connectivity index (χ1n) is 7.64. The third-order valence-corrected chi connectivity index (χ3v) is 4.31. The van der Waals surface area contributed by atoms with E-state index in [2.05, 4.69) is 26.6 Å². The molecule has 1 fully saturated rings. The zero-order valence-electron chi connectivity index (χ0n) is 12.9. The van der Waals surface area contributed by atoms with Crippen LogP contribution in [0, 0.1) is 12.7 Å². The number of aliphatic hydroxyl groups excluding tert-OH is 1. The van der Waals surface area contributed by atoms with E-state index in [1.54, 1.807) is 12.1 Å². The molecule has 0 radical (unpaired) electrons. The van der Waals surface area contributed by atoms with Crippen LogP contribution in [-0.2, 0) is 13.1 Å². The Morgan fingerprint density at radius 3 is 2.68 bits per heavy atom. The van der Waals surface area contributed by atoms with Crippen LogP contribution in [0.4, 0.5) is 4.39 Å². The number of hydrogen-bond acceptors (Lipinski definition) is 4. The molecule has 0 unspecified atom stereocenters. The fraction of sp³-hybridized carbons (Fsp3) is 0.500. The highest BCUT2D eigenvalue weighted by molar-refractivity contribution is 5.21. The molecule has 0 saturated carbocycles. The van der Waals surface area contributed by atoms with Crippen LogP contribution in [-0.4, -0.2) is 37.4 Å². The van der Waals surface area contributed by atoms with Crippen LogP contribution in [0.2, 0.25) is 0 Å². The Bertz CT molecular complexity index is 640. The maximum atomic E-state index is 13.1. The largest absolute Gasteiger partial charge is 0.392 e. The highest BCUT2D eigenvalue weighted by Gasteiger charge is 2.33. The van der Waals surface area contributed by atoms with E-state index in [9.17, 15) is 9.50 Å². The van der Waals surface area contributed by atoms with E-state index in [-0.39, 0.29) is 18.0 Å². The van der Waals surface area contributed by atoms with Gasteiger partial charge in [0.2, 0.25) is 0 Å². The van der Waals surface area contributed by atoms with E-state index in [1.165, 1.54) is 12.1 Å². The van der Waals surface area contributed by atoms with Gasteiger partial charge in [0.05, 0.1) is 12.6 Å². The third kappa shape index (κ3) is 2.89. The molecule has 0 bridgehead atoms. The van der Waals surface area contributed by atoms with E-state index in [0.29, 0.717) is 19.5 Å². The number of hydrogen-bond donors (Lipinski definition) is 1. The van der Waals surface area contributed by atoms with Gasteiger partial charge in [0, 0.05) is 19.1 Å². The predicted molar refractivity (Wildman–Crippen MR) is 80.6 cm³/mol. The number of halogens is 1. The first-order chi connectivity index (χ1) is 10.6. The maximum Gasteiger partial charge on any atom is 0.147 e. The molecule has 5 nitrogen and oxygen atoms in total. The van der Waals surface area contributed by atoms with E-state index in [0.717, 1.165) is 23.8 Å². The van der Waals surface area contributed by atoms with Crippen molar-refractivity contribution in [1.82, 2.24) is 19.7 Å². The Morgan fingerprint density at radius 1 is 1.27 bits per heavy atom. The van der Waals surface area contributed by atoms with E-state index in [1.807, 2.05) is 6.92 Å². The van der Waals surface area contributed by atoms with Gasteiger partial charge in [-0.15, -0.1) is 10.2 Å².